The molecule has 3 N–H and O–H groups in total. The van der Waals surface area contributed by atoms with Crippen molar-refractivity contribution in [3.8, 4) is 0 Å². The Hall–Kier alpha value is -1.20. The van der Waals surface area contributed by atoms with Gasteiger partial charge in [0.15, 0.2) is 0 Å². The van der Waals surface area contributed by atoms with Gasteiger partial charge < -0.3 is 15.8 Å². The summed E-state index contributed by atoms with van der Waals surface area (Å²) in [5.74, 6) is 0.789. The summed E-state index contributed by atoms with van der Waals surface area (Å²) in [5.41, 5.74) is 7.35. The monoisotopic (exact) mass is 267 g/mol. The Labute approximate surface area is 114 Å². The zero-order valence-corrected chi connectivity index (χ0v) is 11.8. The van der Waals surface area contributed by atoms with Crippen LogP contribution in [-0.2, 0) is 4.74 Å². The summed E-state index contributed by atoms with van der Waals surface area (Å²) in [6, 6.07) is 3.74. The normalized spacial score (nSPS) is 10.3. The van der Waals surface area contributed by atoms with Crippen molar-refractivity contribution in [1.82, 2.24) is 4.98 Å². The number of ether oxygens (including phenoxy) is 1. The van der Waals surface area contributed by atoms with Crippen LogP contribution in [0.1, 0.15) is 31.0 Å². The van der Waals surface area contributed by atoms with Gasteiger partial charge in [-0.15, -0.1) is 0 Å². The van der Waals surface area contributed by atoms with Crippen LogP contribution < -0.4 is 11.1 Å². The predicted molar refractivity (Wildman–Crippen MR) is 79.1 cm³/mol. The number of aromatic nitrogens is 1. The summed E-state index contributed by atoms with van der Waals surface area (Å²) in [5, 5.41) is 3.21. The van der Waals surface area contributed by atoms with Gasteiger partial charge in [0.05, 0.1) is 6.61 Å². The van der Waals surface area contributed by atoms with Crippen molar-refractivity contribution >= 4 is 23.0 Å². The molecule has 0 saturated heterocycles. The molecule has 1 rings (SSSR count). The summed E-state index contributed by atoms with van der Waals surface area (Å²) in [6.07, 6.45) is 2.26. The second kappa shape index (κ2) is 8.00. The molecule has 0 bridgehead atoms. The van der Waals surface area contributed by atoms with Gasteiger partial charge in [-0.05, 0) is 25.5 Å². The van der Waals surface area contributed by atoms with E-state index in [0.717, 1.165) is 43.1 Å². The van der Waals surface area contributed by atoms with Crippen molar-refractivity contribution in [2.45, 2.75) is 26.7 Å². The summed E-state index contributed by atoms with van der Waals surface area (Å²) in [7, 11) is 0. The molecular formula is C13H21N3OS. The van der Waals surface area contributed by atoms with Crippen LogP contribution in [0, 0.1) is 6.92 Å². The van der Waals surface area contributed by atoms with Crippen molar-refractivity contribution in [2.75, 3.05) is 25.1 Å². The van der Waals surface area contributed by atoms with E-state index in [1.54, 1.807) is 0 Å². The summed E-state index contributed by atoms with van der Waals surface area (Å²) < 4.78 is 5.46. The van der Waals surface area contributed by atoms with Crippen LogP contribution in [0.15, 0.2) is 12.1 Å². The lowest BCUT2D eigenvalue weighted by atomic mass is 10.2. The number of rotatable bonds is 8. The fraction of sp³-hybridized carbons (Fsp3) is 0.538. The number of unbranched alkanes of at least 4 members (excludes halogenated alkanes) is 1. The molecule has 0 aliphatic heterocycles. The molecule has 100 valence electrons. The van der Waals surface area contributed by atoms with E-state index in [2.05, 4.69) is 17.2 Å². The van der Waals surface area contributed by atoms with Gasteiger partial charge in [-0.25, -0.2) is 4.98 Å². The first-order valence-corrected chi connectivity index (χ1v) is 6.64. The molecule has 0 aliphatic rings. The van der Waals surface area contributed by atoms with Crippen LogP contribution >= 0.6 is 12.2 Å². The van der Waals surface area contributed by atoms with E-state index in [4.69, 9.17) is 22.7 Å². The standard InChI is InChI=1S/C13H21N3OS/c1-3-4-6-17-7-5-15-12-9-11(13(14)18)8-10(2)16-12/h8-9H,3-7H2,1-2H3,(H2,14,18)(H,15,16). The van der Waals surface area contributed by atoms with Gasteiger partial charge in [-0.2, -0.15) is 0 Å². The smallest absolute Gasteiger partial charge is 0.126 e. The van der Waals surface area contributed by atoms with Crippen molar-refractivity contribution in [1.29, 1.82) is 0 Å². The maximum Gasteiger partial charge on any atom is 0.126 e. The third kappa shape index (κ3) is 5.42. The van der Waals surface area contributed by atoms with Gasteiger partial charge in [0.1, 0.15) is 10.8 Å². The van der Waals surface area contributed by atoms with Crippen molar-refractivity contribution < 1.29 is 4.74 Å². The number of aryl methyl sites for hydroxylation is 1. The summed E-state index contributed by atoms with van der Waals surface area (Å²) in [6.45, 7) is 6.30. The molecule has 0 aromatic carbocycles. The Balaban J connectivity index is 2.40. The first kappa shape index (κ1) is 14.9. The Bertz CT molecular complexity index is 396. The van der Waals surface area contributed by atoms with Crippen molar-refractivity contribution in [3.05, 3.63) is 23.4 Å². The van der Waals surface area contributed by atoms with E-state index < -0.39 is 0 Å². The average molecular weight is 267 g/mol. The molecule has 0 unspecified atom stereocenters. The van der Waals surface area contributed by atoms with Gasteiger partial charge in [0, 0.05) is 24.4 Å². The van der Waals surface area contributed by atoms with Gasteiger partial charge in [-0.1, -0.05) is 25.6 Å². The molecule has 1 aromatic rings. The average Bonchev–Trinajstić information content (AvgIpc) is 2.33. The lowest BCUT2D eigenvalue weighted by molar-refractivity contribution is 0.141. The van der Waals surface area contributed by atoms with Crippen LogP contribution in [0.2, 0.25) is 0 Å². The second-order valence-electron chi connectivity index (χ2n) is 4.14. The maximum atomic E-state index is 5.61. The molecule has 0 aliphatic carbocycles. The fourth-order valence-corrected chi connectivity index (χ4v) is 1.62. The molecular weight excluding hydrogens is 246 g/mol. The Morgan fingerprint density at radius 1 is 1.44 bits per heavy atom. The molecule has 0 radical (unpaired) electrons. The number of thiocarbonyl (C=S) groups is 1. The van der Waals surface area contributed by atoms with Crippen molar-refractivity contribution in [2.24, 2.45) is 5.73 Å². The highest BCUT2D eigenvalue weighted by Crippen LogP contribution is 2.09. The van der Waals surface area contributed by atoms with Crippen LogP contribution in [0.4, 0.5) is 5.82 Å². The molecule has 0 saturated carbocycles. The lowest BCUT2D eigenvalue weighted by Gasteiger charge is -2.09. The summed E-state index contributed by atoms with van der Waals surface area (Å²) >= 11 is 4.96. The van der Waals surface area contributed by atoms with Gasteiger partial charge >= 0.3 is 0 Å². The van der Waals surface area contributed by atoms with E-state index in [1.807, 2.05) is 19.1 Å². The molecule has 18 heavy (non-hydrogen) atoms. The van der Waals surface area contributed by atoms with Crippen LogP contribution in [0.3, 0.4) is 0 Å². The molecule has 1 aromatic heterocycles. The fourth-order valence-electron chi connectivity index (χ4n) is 1.50. The van der Waals surface area contributed by atoms with E-state index in [9.17, 15) is 0 Å². The molecule has 0 fully saturated rings. The first-order chi connectivity index (χ1) is 8.63. The molecule has 5 heteroatoms. The minimum absolute atomic E-state index is 0.391. The van der Waals surface area contributed by atoms with E-state index in [0.29, 0.717) is 11.6 Å². The number of hydrogen-bond acceptors (Lipinski definition) is 4. The Morgan fingerprint density at radius 2 is 2.22 bits per heavy atom. The third-order valence-corrected chi connectivity index (χ3v) is 2.67. The van der Waals surface area contributed by atoms with Gasteiger partial charge in [-0.3, -0.25) is 0 Å². The van der Waals surface area contributed by atoms with Crippen LogP contribution in [0.25, 0.3) is 0 Å². The molecule has 0 atom stereocenters. The van der Waals surface area contributed by atoms with E-state index in [-0.39, 0.29) is 0 Å². The SMILES string of the molecule is CCCCOCCNc1cc(C(N)=S)cc(C)n1. The van der Waals surface area contributed by atoms with Crippen LogP contribution in [-0.4, -0.2) is 29.7 Å². The maximum absolute atomic E-state index is 5.61. The topological polar surface area (TPSA) is 60.2 Å². The first-order valence-electron chi connectivity index (χ1n) is 6.23. The predicted octanol–water partition coefficient (Wildman–Crippen LogP) is 2.25. The van der Waals surface area contributed by atoms with E-state index >= 15 is 0 Å². The summed E-state index contributed by atoms with van der Waals surface area (Å²) in [4.78, 5) is 4.76. The molecule has 1 heterocycles. The number of hydrogen-bond donors (Lipinski definition) is 2. The minimum Gasteiger partial charge on any atom is -0.389 e. The van der Waals surface area contributed by atoms with Gasteiger partial charge in [0.25, 0.3) is 0 Å². The molecule has 4 nitrogen and oxygen atoms in total. The number of nitrogens with zero attached hydrogens (tertiary/aromatic N) is 1. The number of anilines is 1. The third-order valence-electron chi connectivity index (χ3n) is 2.43. The largest absolute Gasteiger partial charge is 0.389 e. The highest BCUT2D eigenvalue weighted by Gasteiger charge is 2.02. The van der Waals surface area contributed by atoms with E-state index in [1.165, 1.54) is 0 Å². The van der Waals surface area contributed by atoms with Gasteiger partial charge in [0.2, 0.25) is 0 Å². The highest BCUT2D eigenvalue weighted by atomic mass is 32.1. The second-order valence-corrected chi connectivity index (χ2v) is 4.58. The van der Waals surface area contributed by atoms with Crippen LogP contribution in [0.5, 0.6) is 0 Å². The van der Waals surface area contributed by atoms with Crippen molar-refractivity contribution in [3.63, 3.8) is 0 Å². The zero-order chi connectivity index (χ0) is 13.4. The molecule has 0 spiro atoms. The zero-order valence-electron chi connectivity index (χ0n) is 11.0. The number of nitrogens with one attached hydrogen (secondary N) is 1. The lowest BCUT2D eigenvalue weighted by Crippen LogP contribution is -2.14. The molecule has 0 amide bonds. The Kier molecular flexibility index (Phi) is 6.60. The quantitative estimate of drug-likeness (QED) is 0.559. The number of pyridine rings is 1. The highest BCUT2D eigenvalue weighted by molar-refractivity contribution is 7.80. The number of nitrogens with two attached hydrogens (primary N) is 1. The Morgan fingerprint density at radius 3 is 2.89 bits per heavy atom. The minimum atomic E-state index is 0.391.